The Kier molecular flexibility index (Phi) is 4.72. The van der Waals surface area contributed by atoms with Crippen molar-refractivity contribution < 1.29 is 4.79 Å². The molecule has 2 N–H and O–H groups in total. The Morgan fingerprint density at radius 2 is 1.96 bits per heavy atom. The molecule has 1 aromatic carbocycles. The summed E-state index contributed by atoms with van der Waals surface area (Å²) in [4.78, 5) is 17.9. The van der Waals surface area contributed by atoms with Crippen LogP contribution in [0.25, 0.3) is 11.0 Å². The summed E-state index contributed by atoms with van der Waals surface area (Å²) in [6.07, 6.45) is 5.38. The lowest BCUT2D eigenvalue weighted by Gasteiger charge is -2.22. The molecule has 1 aliphatic carbocycles. The fourth-order valence-corrected chi connectivity index (χ4v) is 4.03. The van der Waals surface area contributed by atoms with Gasteiger partial charge in [0.1, 0.15) is 5.82 Å². The van der Waals surface area contributed by atoms with E-state index in [0.29, 0.717) is 5.69 Å². The molecular weight excluding hydrogens is 338 g/mol. The molecule has 1 aliphatic rings. The van der Waals surface area contributed by atoms with Crippen LogP contribution in [-0.2, 0) is 19.9 Å². The number of imidazole rings is 1. The molecule has 1 amide bonds. The Morgan fingerprint density at radius 1 is 1.19 bits per heavy atom. The van der Waals surface area contributed by atoms with E-state index in [1.807, 2.05) is 25.2 Å². The Morgan fingerprint density at radius 3 is 2.74 bits per heavy atom. The lowest BCUT2D eigenvalue weighted by atomic mass is 10.0. The number of benzene rings is 1. The van der Waals surface area contributed by atoms with E-state index >= 15 is 0 Å². The van der Waals surface area contributed by atoms with Crippen molar-refractivity contribution in [1.82, 2.24) is 25.1 Å². The molecule has 6 nitrogen and oxygen atoms in total. The van der Waals surface area contributed by atoms with Crippen LogP contribution in [0.1, 0.15) is 66.7 Å². The number of nitrogens with zero attached hydrogens (tertiary/aromatic N) is 3. The van der Waals surface area contributed by atoms with Crippen molar-refractivity contribution in [3.63, 3.8) is 0 Å². The van der Waals surface area contributed by atoms with Gasteiger partial charge in [0.25, 0.3) is 5.91 Å². The van der Waals surface area contributed by atoms with Crippen molar-refractivity contribution in [2.75, 3.05) is 0 Å². The molecule has 2 aromatic heterocycles. The van der Waals surface area contributed by atoms with Crippen LogP contribution >= 0.6 is 0 Å². The van der Waals surface area contributed by atoms with Crippen LogP contribution < -0.4 is 5.32 Å². The van der Waals surface area contributed by atoms with Crippen LogP contribution in [-0.4, -0.2) is 25.7 Å². The molecule has 0 aliphatic heterocycles. The average molecular weight is 365 g/mol. The van der Waals surface area contributed by atoms with Gasteiger partial charge in [-0.05, 0) is 43.7 Å². The van der Waals surface area contributed by atoms with Gasteiger partial charge in [0, 0.05) is 18.3 Å². The molecular formula is C21H27N5O. The summed E-state index contributed by atoms with van der Waals surface area (Å²) < 4.78 is 2.07. The molecule has 142 valence electrons. The first-order valence-corrected chi connectivity index (χ1v) is 9.84. The lowest BCUT2D eigenvalue weighted by molar-refractivity contribution is 0.0916. The van der Waals surface area contributed by atoms with Gasteiger partial charge in [-0.15, -0.1) is 0 Å². The maximum Gasteiger partial charge on any atom is 0.272 e. The SMILES string of the molecule is CC(C)C(NC(=O)c1n[nH]c2c1CCCCC2)c1nc2ccccc2n1C. The van der Waals surface area contributed by atoms with Crippen LogP contribution in [0.15, 0.2) is 24.3 Å². The second-order valence-corrected chi connectivity index (χ2v) is 7.80. The van der Waals surface area contributed by atoms with Crippen molar-refractivity contribution >= 4 is 16.9 Å². The zero-order valence-corrected chi connectivity index (χ0v) is 16.2. The minimum atomic E-state index is -0.173. The molecule has 0 saturated carbocycles. The molecule has 0 fully saturated rings. The van der Waals surface area contributed by atoms with Crippen molar-refractivity contribution in [2.24, 2.45) is 13.0 Å². The maximum atomic E-state index is 13.1. The third kappa shape index (κ3) is 3.24. The Labute approximate surface area is 159 Å². The number of para-hydroxylation sites is 2. The smallest absolute Gasteiger partial charge is 0.272 e. The first-order valence-electron chi connectivity index (χ1n) is 9.84. The second kappa shape index (κ2) is 7.18. The van der Waals surface area contributed by atoms with Crippen LogP contribution in [0.3, 0.4) is 0 Å². The van der Waals surface area contributed by atoms with Crippen LogP contribution in [0, 0.1) is 5.92 Å². The first kappa shape index (κ1) is 17.8. The number of rotatable bonds is 4. The predicted octanol–water partition coefficient (Wildman–Crippen LogP) is 3.69. The lowest BCUT2D eigenvalue weighted by Crippen LogP contribution is -2.34. The average Bonchev–Trinajstić information content (AvgIpc) is 3.12. The van der Waals surface area contributed by atoms with Crippen molar-refractivity contribution in [2.45, 2.75) is 52.0 Å². The number of fused-ring (bicyclic) bond motifs is 2. The Bertz CT molecular complexity index is 968. The van der Waals surface area contributed by atoms with E-state index in [0.717, 1.165) is 53.8 Å². The Balaban J connectivity index is 1.65. The fraction of sp³-hybridized carbons (Fsp3) is 0.476. The van der Waals surface area contributed by atoms with E-state index in [1.165, 1.54) is 6.42 Å². The summed E-state index contributed by atoms with van der Waals surface area (Å²) in [5.41, 5.74) is 4.79. The number of aromatic nitrogens is 4. The number of H-pyrrole nitrogens is 1. The molecule has 3 aromatic rings. The van der Waals surface area contributed by atoms with Gasteiger partial charge < -0.3 is 9.88 Å². The van der Waals surface area contributed by atoms with Gasteiger partial charge in [-0.2, -0.15) is 5.10 Å². The Hall–Kier alpha value is -2.63. The third-order valence-electron chi connectivity index (χ3n) is 5.57. The van der Waals surface area contributed by atoms with Gasteiger partial charge >= 0.3 is 0 Å². The highest BCUT2D eigenvalue weighted by atomic mass is 16.2. The van der Waals surface area contributed by atoms with E-state index in [-0.39, 0.29) is 17.9 Å². The summed E-state index contributed by atoms with van der Waals surface area (Å²) in [7, 11) is 2.01. The van der Waals surface area contributed by atoms with Crippen molar-refractivity contribution in [1.29, 1.82) is 0 Å². The summed E-state index contributed by atoms with van der Waals surface area (Å²) in [6.45, 7) is 4.21. The summed E-state index contributed by atoms with van der Waals surface area (Å²) in [5, 5.41) is 10.6. The molecule has 0 radical (unpaired) electrons. The summed E-state index contributed by atoms with van der Waals surface area (Å²) in [6, 6.07) is 7.88. The van der Waals surface area contributed by atoms with E-state index in [4.69, 9.17) is 4.98 Å². The van der Waals surface area contributed by atoms with Gasteiger partial charge in [0.15, 0.2) is 5.69 Å². The first-order chi connectivity index (χ1) is 13.1. The van der Waals surface area contributed by atoms with E-state index in [1.54, 1.807) is 0 Å². The van der Waals surface area contributed by atoms with Gasteiger partial charge in [0.2, 0.25) is 0 Å². The maximum absolute atomic E-state index is 13.1. The van der Waals surface area contributed by atoms with Gasteiger partial charge in [0.05, 0.1) is 17.1 Å². The van der Waals surface area contributed by atoms with Crippen LogP contribution in [0.4, 0.5) is 0 Å². The van der Waals surface area contributed by atoms with Gasteiger partial charge in [-0.25, -0.2) is 4.98 Å². The van der Waals surface area contributed by atoms with E-state index in [9.17, 15) is 4.79 Å². The standard InChI is InChI=1S/C21H27N5O/c1-13(2)18(20-22-16-11-7-8-12-17(16)26(20)3)23-21(27)19-14-9-5-4-6-10-15(14)24-25-19/h7-8,11-13,18H,4-6,9-10H2,1-3H3,(H,23,27)(H,24,25). The zero-order chi connectivity index (χ0) is 19.0. The van der Waals surface area contributed by atoms with Crippen molar-refractivity contribution in [3.8, 4) is 0 Å². The number of aryl methyl sites for hydroxylation is 2. The number of aromatic amines is 1. The number of carbonyl (C=O) groups is 1. The minimum absolute atomic E-state index is 0.111. The van der Waals surface area contributed by atoms with E-state index < -0.39 is 0 Å². The molecule has 6 heteroatoms. The van der Waals surface area contributed by atoms with Gasteiger partial charge in [-0.3, -0.25) is 9.89 Å². The number of hydrogen-bond donors (Lipinski definition) is 2. The van der Waals surface area contributed by atoms with Gasteiger partial charge in [-0.1, -0.05) is 32.4 Å². The van der Waals surface area contributed by atoms with E-state index in [2.05, 4.69) is 40.0 Å². The molecule has 2 heterocycles. The number of nitrogens with one attached hydrogen (secondary N) is 2. The van der Waals surface area contributed by atoms with Crippen LogP contribution in [0.2, 0.25) is 0 Å². The molecule has 1 unspecified atom stereocenters. The highest BCUT2D eigenvalue weighted by Crippen LogP contribution is 2.26. The topological polar surface area (TPSA) is 75.6 Å². The second-order valence-electron chi connectivity index (χ2n) is 7.80. The quantitative estimate of drug-likeness (QED) is 0.692. The zero-order valence-electron chi connectivity index (χ0n) is 16.2. The monoisotopic (exact) mass is 365 g/mol. The molecule has 4 rings (SSSR count). The van der Waals surface area contributed by atoms with Crippen molar-refractivity contribution in [3.05, 3.63) is 47.0 Å². The molecule has 0 saturated heterocycles. The van der Waals surface area contributed by atoms with Crippen LogP contribution in [0.5, 0.6) is 0 Å². The third-order valence-corrected chi connectivity index (χ3v) is 5.57. The number of amides is 1. The minimum Gasteiger partial charge on any atom is -0.340 e. The highest BCUT2D eigenvalue weighted by molar-refractivity contribution is 5.94. The predicted molar refractivity (Wildman–Crippen MR) is 106 cm³/mol. The summed E-state index contributed by atoms with van der Waals surface area (Å²) in [5.74, 6) is 0.975. The normalized spacial score (nSPS) is 15.6. The summed E-state index contributed by atoms with van der Waals surface area (Å²) >= 11 is 0. The molecule has 0 bridgehead atoms. The number of carbonyl (C=O) groups excluding carboxylic acids is 1. The number of hydrogen-bond acceptors (Lipinski definition) is 3. The largest absolute Gasteiger partial charge is 0.340 e. The fourth-order valence-electron chi connectivity index (χ4n) is 4.03. The molecule has 0 spiro atoms. The highest BCUT2D eigenvalue weighted by Gasteiger charge is 2.27. The molecule has 27 heavy (non-hydrogen) atoms. The molecule has 1 atom stereocenters.